The Hall–Kier alpha value is -0.542. The average molecular weight is 453 g/mol. The fourth-order valence-electron chi connectivity index (χ4n) is 3.34. The lowest BCUT2D eigenvalue weighted by Crippen LogP contribution is -2.64. The Kier molecular flexibility index (Phi) is 6.21. The lowest BCUT2D eigenvalue weighted by Gasteiger charge is -2.46. The minimum Gasteiger partial charge on any atom is -0.416 e. The summed E-state index contributed by atoms with van der Waals surface area (Å²) >= 11 is 0. The summed E-state index contributed by atoms with van der Waals surface area (Å²) in [6.45, 7) is 13.8. The van der Waals surface area contributed by atoms with Crippen molar-refractivity contribution in [2.45, 2.75) is 52.0 Å². The topological polar surface area (TPSA) is 36.9 Å². The van der Waals surface area contributed by atoms with Crippen molar-refractivity contribution in [1.82, 2.24) is 0 Å². The standard InChI is InChI=1S/C16H27F3O4Si4/c1-24(2)20-25(3,4)22-27(7,23-26(5,6)21-24)13-12-14-8-10-15(11-9-14)16(17,18)19/h8-13H,1-7H3. The van der Waals surface area contributed by atoms with Crippen molar-refractivity contribution in [2.75, 3.05) is 0 Å². The third-order valence-corrected chi connectivity index (χ3v) is 19.5. The predicted octanol–water partition coefficient (Wildman–Crippen LogP) is 5.52. The molecule has 0 unspecified atom stereocenters. The zero-order valence-electron chi connectivity index (χ0n) is 16.7. The van der Waals surface area contributed by atoms with Crippen LogP contribution in [0.1, 0.15) is 11.1 Å². The molecular formula is C16H27F3O4Si4. The van der Waals surface area contributed by atoms with Gasteiger partial charge in [0.25, 0.3) is 0 Å². The first kappa shape index (κ1) is 22.7. The van der Waals surface area contributed by atoms with E-state index in [4.69, 9.17) is 16.5 Å². The summed E-state index contributed by atoms with van der Waals surface area (Å²) in [5, 5.41) is 0. The molecule has 0 aromatic heterocycles. The second kappa shape index (κ2) is 7.37. The SMILES string of the molecule is C[Si]1(C)O[Si](C)(C)O[Si](C)(C=Cc2ccc(C(F)(F)F)cc2)O[Si](C)(C)O1. The van der Waals surface area contributed by atoms with Crippen molar-refractivity contribution in [3.05, 3.63) is 41.1 Å². The van der Waals surface area contributed by atoms with Gasteiger partial charge in [-0.3, -0.25) is 0 Å². The van der Waals surface area contributed by atoms with Crippen molar-refractivity contribution in [1.29, 1.82) is 0 Å². The summed E-state index contributed by atoms with van der Waals surface area (Å²) < 4.78 is 63.4. The maximum absolute atomic E-state index is 12.7. The Morgan fingerprint density at radius 3 is 1.52 bits per heavy atom. The molecule has 1 saturated heterocycles. The smallest absolute Gasteiger partial charge is 0.416 e. The molecule has 11 heteroatoms. The molecule has 0 aliphatic carbocycles. The minimum atomic E-state index is -4.34. The molecule has 0 bridgehead atoms. The normalized spacial score (nSPS) is 24.4. The first-order chi connectivity index (χ1) is 12.0. The Morgan fingerprint density at radius 2 is 1.11 bits per heavy atom. The van der Waals surface area contributed by atoms with Crippen LogP contribution in [-0.4, -0.2) is 34.2 Å². The fraction of sp³-hybridized carbons (Fsp3) is 0.500. The number of benzene rings is 1. The fourth-order valence-corrected chi connectivity index (χ4v) is 23.8. The highest BCUT2D eigenvalue weighted by Gasteiger charge is 2.51. The van der Waals surface area contributed by atoms with E-state index >= 15 is 0 Å². The van der Waals surface area contributed by atoms with E-state index in [1.807, 2.05) is 51.5 Å². The number of hydrogen-bond acceptors (Lipinski definition) is 4. The third-order valence-electron chi connectivity index (χ3n) is 3.70. The highest BCUT2D eigenvalue weighted by Crippen LogP contribution is 2.32. The summed E-state index contributed by atoms with van der Waals surface area (Å²) in [6.07, 6.45) is -2.59. The molecule has 1 aliphatic heterocycles. The van der Waals surface area contributed by atoms with E-state index in [0.717, 1.165) is 12.1 Å². The van der Waals surface area contributed by atoms with Gasteiger partial charge in [-0.05, 0) is 69.2 Å². The van der Waals surface area contributed by atoms with E-state index in [1.54, 1.807) is 6.08 Å². The highest BCUT2D eigenvalue weighted by atomic mass is 28.5. The van der Waals surface area contributed by atoms with Crippen LogP contribution in [0.25, 0.3) is 6.08 Å². The molecule has 0 saturated carbocycles. The lowest BCUT2D eigenvalue weighted by molar-refractivity contribution is -0.137. The van der Waals surface area contributed by atoms with Gasteiger partial charge in [0.15, 0.2) is 0 Å². The molecule has 4 nitrogen and oxygen atoms in total. The largest absolute Gasteiger partial charge is 0.416 e. The molecule has 0 spiro atoms. The third kappa shape index (κ3) is 6.78. The van der Waals surface area contributed by atoms with Gasteiger partial charge in [0.05, 0.1) is 5.56 Å². The second-order valence-electron chi connectivity index (χ2n) is 8.08. The molecule has 1 aromatic rings. The first-order valence-corrected chi connectivity index (χ1v) is 19.5. The van der Waals surface area contributed by atoms with Crippen LogP contribution in [0, 0.1) is 0 Å². The van der Waals surface area contributed by atoms with E-state index in [2.05, 4.69) is 0 Å². The van der Waals surface area contributed by atoms with Crippen molar-refractivity contribution >= 4 is 40.3 Å². The number of halogens is 3. The van der Waals surface area contributed by atoms with Gasteiger partial charge >= 0.3 is 40.4 Å². The quantitative estimate of drug-likeness (QED) is 0.554. The summed E-state index contributed by atoms with van der Waals surface area (Å²) in [6, 6.07) is 5.02. The van der Waals surface area contributed by atoms with Crippen LogP contribution in [-0.2, 0) is 22.6 Å². The summed E-state index contributed by atoms with van der Waals surface area (Å²) in [5.74, 6) is 0. The van der Waals surface area contributed by atoms with E-state index < -0.39 is 46.0 Å². The Bertz CT molecular complexity index is 681. The van der Waals surface area contributed by atoms with Crippen molar-refractivity contribution in [3.8, 4) is 0 Å². The first-order valence-electron chi connectivity index (χ1n) is 8.68. The van der Waals surface area contributed by atoms with Crippen molar-refractivity contribution in [2.24, 2.45) is 0 Å². The van der Waals surface area contributed by atoms with Crippen LogP contribution >= 0.6 is 0 Å². The van der Waals surface area contributed by atoms with Gasteiger partial charge in [-0.1, -0.05) is 18.2 Å². The summed E-state index contributed by atoms with van der Waals surface area (Å²) in [7, 11) is -10.1. The number of rotatable bonds is 2. The molecule has 0 N–H and O–H groups in total. The van der Waals surface area contributed by atoms with Gasteiger partial charge in [0, 0.05) is 0 Å². The maximum atomic E-state index is 12.7. The van der Waals surface area contributed by atoms with Gasteiger partial charge in [-0.2, -0.15) is 13.2 Å². The molecule has 152 valence electrons. The Morgan fingerprint density at radius 1 is 0.704 bits per heavy atom. The Labute approximate surface area is 163 Å². The molecule has 1 fully saturated rings. The van der Waals surface area contributed by atoms with E-state index in [1.165, 1.54) is 12.1 Å². The lowest BCUT2D eigenvalue weighted by atomic mass is 10.1. The number of hydrogen-bond donors (Lipinski definition) is 0. The molecule has 0 atom stereocenters. The zero-order chi connectivity index (χ0) is 20.7. The van der Waals surface area contributed by atoms with Crippen molar-refractivity contribution in [3.63, 3.8) is 0 Å². The second-order valence-corrected chi connectivity index (χ2v) is 22.1. The van der Waals surface area contributed by atoms with E-state index in [0.29, 0.717) is 5.56 Å². The van der Waals surface area contributed by atoms with E-state index in [9.17, 15) is 13.2 Å². The van der Waals surface area contributed by atoms with Gasteiger partial charge in [-0.15, -0.1) is 0 Å². The maximum Gasteiger partial charge on any atom is 0.416 e. The van der Waals surface area contributed by atoms with Crippen LogP contribution in [0.2, 0.25) is 45.8 Å². The summed E-state index contributed by atoms with van der Waals surface area (Å²) in [4.78, 5) is 0. The molecule has 0 amide bonds. The molecule has 1 aromatic carbocycles. The van der Waals surface area contributed by atoms with Crippen LogP contribution < -0.4 is 0 Å². The molecule has 2 rings (SSSR count). The molecular weight excluding hydrogens is 426 g/mol. The van der Waals surface area contributed by atoms with Crippen LogP contribution in [0.4, 0.5) is 13.2 Å². The van der Waals surface area contributed by atoms with E-state index in [-0.39, 0.29) is 0 Å². The van der Waals surface area contributed by atoms with Gasteiger partial charge in [0.1, 0.15) is 0 Å². The predicted molar refractivity (Wildman–Crippen MR) is 109 cm³/mol. The Balaban J connectivity index is 2.27. The van der Waals surface area contributed by atoms with Crippen LogP contribution in [0.15, 0.2) is 30.0 Å². The van der Waals surface area contributed by atoms with Gasteiger partial charge in [0.2, 0.25) is 0 Å². The molecule has 27 heavy (non-hydrogen) atoms. The minimum absolute atomic E-state index is 0.654. The summed E-state index contributed by atoms with van der Waals surface area (Å²) in [5.41, 5.74) is 1.84. The van der Waals surface area contributed by atoms with Gasteiger partial charge in [-0.25, -0.2) is 0 Å². The van der Waals surface area contributed by atoms with Gasteiger partial charge < -0.3 is 16.5 Å². The highest BCUT2D eigenvalue weighted by molar-refractivity contribution is 6.94. The average Bonchev–Trinajstić information content (AvgIpc) is 2.39. The zero-order valence-corrected chi connectivity index (χ0v) is 20.7. The molecule has 1 aliphatic rings. The number of alkyl halides is 3. The molecule has 0 radical (unpaired) electrons. The monoisotopic (exact) mass is 452 g/mol. The molecule has 1 heterocycles. The van der Waals surface area contributed by atoms with Crippen molar-refractivity contribution < 1.29 is 29.6 Å². The van der Waals surface area contributed by atoms with Crippen LogP contribution in [0.5, 0.6) is 0 Å². The van der Waals surface area contributed by atoms with Crippen LogP contribution in [0.3, 0.4) is 0 Å².